The number of halogens is 1. The summed E-state index contributed by atoms with van der Waals surface area (Å²) in [6.45, 7) is 4.62. The van der Waals surface area contributed by atoms with Crippen molar-refractivity contribution < 1.29 is 9.18 Å². The maximum Gasteiger partial charge on any atom is 0.226 e. The number of aryl methyl sites for hydroxylation is 1. The highest BCUT2D eigenvalue weighted by molar-refractivity contribution is 5.78. The normalized spacial score (nSPS) is 14.8. The van der Waals surface area contributed by atoms with E-state index in [1.807, 2.05) is 35.4 Å². The van der Waals surface area contributed by atoms with Gasteiger partial charge in [0.15, 0.2) is 0 Å². The van der Waals surface area contributed by atoms with Gasteiger partial charge in [0.1, 0.15) is 11.6 Å². The van der Waals surface area contributed by atoms with Crippen LogP contribution in [0.3, 0.4) is 0 Å². The lowest BCUT2D eigenvalue weighted by Crippen LogP contribution is -2.39. The number of amides is 1. The zero-order valence-electron chi connectivity index (χ0n) is 17.4. The van der Waals surface area contributed by atoms with Crippen molar-refractivity contribution in [2.45, 2.75) is 39.2 Å². The molecule has 4 nitrogen and oxygen atoms in total. The highest BCUT2D eigenvalue weighted by Crippen LogP contribution is 2.25. The van der Waals surface area contributed by atoms with Gasteiger partial charge in [0.05, 0.1) is 6.42 Å². The zero-order valence-corrected chi connectivity index (χ0v) is 17.4. The molecule has 4 rings (SSSR count). The maximum atomic E-state index is 13.3. The van der Waals surface area contributed by atoms with Crippen molar-refractivity contribution >= 4 is 5.91 Å². The second-order valence-electron chi connectivity index (χ2n) is 8.16. The van der Waals surface area contributed by atoms with Gasteiger partial charge >= 0.3 is 0 Å². The third kappa shape index (κ3) is 4.78. The van der Waals surface area contributed by atoms with E-state index in [4.69, 9.17) is 0 Å². The summed E-state index contributed by atoms with van der Waals surface area (Å²) in [4.78, 5) is 19.1. The van der Waals surface area contributed by atoms with E-state index in [9.17, 15) is 9.18 Å². The number of piperidine rings is 1. The molecule has 0 radical (unpaired) electrons. The molecule has 2 heterocycles. The number of hydrogen-bond donors (Lipinski definition) is 0. The lowest BCUT2D eigenvalue weighted by atomic mass is 9.93. The zero-order chi connectivity index (χ0) is 20.9. The van der Waals surface area contributed by atoms with Crippen molar-refractivity contribution in [1.82, 2.24) is 14.5 Å². The van der Waals surface area contributed by atoms with Gasteiger partial charge < -0.3 is 9.47 Å². The van der Waals surface area contributed by atoms with E-state index in [1.165, 1.54) is 17.8 Å². The Labute approximate surface area is 177 Å². The fourth-order valence-corrected chi connectivity index (χ4v) is 4.28. The van der Waals surface area contributed by atoms with E-state index in [0.29, 0.717) is 5.92 Å². The monoisotopic (exact) mass is 405 g/mol. The van der Waals surface area contributed by atoms with E-state index < -0.39 is 0 Å². The Bertz CT molecular complexity index is 991. The molecule has 0 unspecified atom stereocenters. The van der Waals surface area contributed by atoms with Crippen LogP contribution in [-0.4, -0.2) is 33.4 Å². The highest BCUT2D eigenvalue weighted by atomic mass is 19.1. The molecule has 1 amide bonds. The number of hydrogen-bond acceptors (Lipinski definition) is 2. The Morgan fingerprint density at radius 3 is 2.60 bits per heavy atom. The summed E-state index contributed by atoms with van der Waals surface area (Å²) in [5.41, 5.74) is 3.06. The molecule has 156 valence electrons. The quantitative estimate of drug-likeness (QED) is 0.587. The van der Waals surface area contributed by atoms with Crippen LogP contribution in [0.5, 0.6) is 0 Å². The van der Waals surface area contributed by atoms with Gasteiger partial charge in [-0.15, -0.1) is 0 Å². The Balaban J connectivity index is 1.30. The molecule has 0 saturated carbocycles. The standard InChI is InChI=1S/C25H28FN3O/c1-19-18-27-25(22-7-3-2-4-8-22)29(19)15-12-20-10-13-28(14-11-20)24(30)17-21-6-5-9-23(26)16-21/h2-9,16,18,20H,10-15,17H2,1H3. The predicted octanol–water partition coefficient (Wildman–Crippen LogP) is 4.87. The highest BCUT2D eigenvalue weighted by Gasteiger charge is 2.23. The number of likely N-dealkylation sites (tertiary alicyclic amines) is 1. The molecular formula is C25H28FN3O. The molecule has 0 atom stereocenters. The lowest BCUT2D eigenvalue weighted by molar-refractivity contribution is -0.131. The van der Waals surface area contributed by atoms with Crippen molar-refractivity contribution in [3.63, 3.8) is 0 Å². The molecule has 1 aliphatic heterocycles. The largest absolute Gasteiger partial charge is 0.342 e. The summed E-state index contributed by atoms with van der Waals surface area (Å²) in [7, 11) is 0. The Morgan fingerprint density at radius 2 is 1.87 bits per heavy atom. The van der Waals surface area contributed by atoms with Crippen molar-refractivity contribution in [2.75, 3.05) is 13.1 Å². The van der Waals surface area contributed by atoms with Crippen LogP contribution in [0.1, 0.15) is 30.5 Å². The summed E-state index contributed by atoms with van der Waals surface area (Å²) < 4.78 is 15.6. The van der Waals surface area contributed by atoms with Crippen LogP contribution in [0.25, 0.3) is 11.4 Å². The molecule has 30 heavy (non-hydrogen) atoms. The summed E-state index contributed by atoms with van der Waals surface area (Å²) in [5, 5.41) is 0. The van der Waals surface area contributed by atoms with E-state index in [0.717, 1.165) is 55.8 Å². The van der Waals surface area contributed by atoms with Gasteiger partial charge in [0.25, 0.3) is 0 Å². The molecule has 5 heteroatoms. The van der Waals surface area contributed by atoms with E-state index in [2.05, 4.69) is 28.6 Å². The molecule has 1 aromatic heterocycles. The molecule has 0 spiro atoms. The van der Waals surface area contributed by atoms with Crippen LogP contribution in [0, 0.1) is 18.7 Å². The summed E-state index contributed by atoms with van der Waals surface area (Å²) in [6.07, 6.45) is 5.34. The SMILES string of the molecule is Cc1cnc(-c2ccccc2)n1CCC1CCN(C(=O)Cc2cccc(F)c2)CC1. The third-order valence-corrected chi connectivity index (χ3v) is 6.06. The number of imidazole rings is 1. The molecule has 1 aliphatic rings. The molecule has 2 aromatic carbocycles. The number of aromatic nitrogens is 2. The number of carbonyl (C=O) groups is 1. The minimum atomic E-state index is -0.288. The van der Waals surface area contributed by atoms with Gasteiger partial charge in [-0.25, -0.2) is 9.37 Å². The Kier molecular flexibility index (Phi) is 6.26. The maximum absolute atomic E-state index is 13.3. The van der Waals surface area contributed by atoms with Crippen LogP contribution in [-0.2, 0) is 17.8 Å². The smallest absolute Gasteiger partial charge is 0.226 e. The fraction of sp³-hybridized carbons (Fsp3) is 0.360. The van der Waals surface area contributed by atoms with Crippen molar-refractivity contribution in [3.8, 4) is 11.4 Å². The number of nitrogens with zero attached hydrogens (tertiary/aromatic N) is 3. The van der Waals surface area contributed by atoms with Gasteiger partial charge in [0, 0.05) is 37.1 Å². The number of benzene rings is 2. The molecular weight excluding hydrogens is 377 g/mol. The average molecular weight is 406 g/mol. The van der Waals surface area contributed by atoms with E-state index in [1.54, 1.807) is 6.07 Å². The lowest BCUT2D eigenvalue weighted by Gasteiger charge is -2.32. The van der Waals surface area contributed by atoms with Crippen molar-refractivity contribution in [3.05, 3.63) is 77.9 Å². The van der Waals surface area contributed by atoms with Gasteiger partial charge in [-0.3, -0.25) is 4.79 Å². The van der Waals surface area contributed by atoms with Gasteiger partial charge in [-0.05, 0) is 49.8 Å². The average Bonchev–Trinajstić information content (AvgIpc) is 3.13. The predicted molar refractivity (Wildman–Crippen MR) is 116 cm³/mol. The Hall–Kier alpha value is -2.95. The minimum absolute atomic E-state index is 0.0934. The minimum Gasteiger partial charge on any atom is -0.342 e. The molecule has 1 saturated heterocycles. The molecule has 0 bridgehead atoms. The van der Waals surface area contributed by atoms with Crippen LogP contribution >= 0.6 is 0 Å². The summed E-state index contributed by atoms with van der Waals surface area (Å²) >= 11 is 0. The van der Waals surface area contributed by atoms with Gasteiger partial charge in [0.2, 0.25) is 5.91 Å². The van der Waals surface area contributed by atoms with Crippen molar-refractivity contribution in [1.29, 1.82) is 0 Å². The fourth-order valence-electron chi connectivity index (χ4n) is 4.28. The first-order chi connectivity index (χ1) is 14.6. The second kappa shape index (κ2) is 9.24. The first-order valence-electron chi connectivity index (χ1n) is 10.7. The second-order valence-corrected chi connectivity index (χ2v) is 8.16. The third-order valence-electron chi connectivity index (χ3n) is 6.06. The van der Waals surface area contributed by atoms with Crippen molar-refractivity contribution in [2.24, 2.45) is 5.92 Å². The van der Waals surface area contributed by atoms with E-state index in [-0.39, 0.29) is 18.1 Å². The molecule has 0 N–H and O–H groups in total. The number of carbonyl (C=O) groups excluding carboxylic acids is 1. The Morgan fingerprint density at radius 1 is 1.10 bits per heavy atom. The van der Waals surface area contributed by atoms with Crippen LogP contribution in [0.2, 0.25) is 0 Å². The summed E-state index contributed by atoms with van der Waals surface area (Å²) in [6, 6.07) is 16.6. The number of rotatable bonds is 6. The molecule has 3 aromatic rings. The molecule has 1 fully saturated rings. The first kappa shape index (κ1) is 20.3. The van der Waals surface area contributed by atoms with E-state index >= 15 is 0 Å². The molecule has 0 aliphatic carbocycles. The topological polar surface area (TPSA) is 38.1 Å². The van der Waals surface area contributed by atoms with Gasteiger partial charge in [-0.2, -0.15) is 0 Å². The van der Waals surface area contributed by atoms with Crippen LogP contribution in [0.15, 0.2) is 60.8 Å². The van der Waals surface area contributed by atoms with Crippen LogP contribution in [0.4, 0.5) is 4.39 Å². The van der Waals surface area contributed by atoms with Gasteiger partial charge in [-0.1, -0.05) is 42.5 Å². The first-order valence-corrected chi connectivity index (χ1v) is 10.7. The van der Waals surface area contributed by atoms with Crippen LogP contribution < -0.4 is 0 Å². The summed E-state index contributed by atoms with van der Waals surface area (Å²) in [5.74, 6) is 1.43.